The number of hydrogen-bond acceptors (Lipinski definition) is 0. The van der Waals surface area contributed by atoms with Crippen LogP contribution in [-0.4, -0.2) is 0 Å². The minimum atomic E-state index is 1.12. The van der Waals surface area contributed by atoms with E-state index in [4.69, 9.17) is 0 Å². The molecular weight excluding hydrogens is 132 g/mol. The second kappa shape index (κ2) is 3.25. The van der Waals surface area contributed by atoms with E-state index < -0.39 is 0 Å². The molecule has 0 fully saturated rings. The predicted molar refractivity (Wildman–Crippen MR) is 48.5 cm³/mol. The van der Waals surface area contributed by atoms with Crippen LogP contribution in [0, 0.1) is 25.7 Å². The lowest BCUT2D eigenvalue weighted by Gasteiger charge is -1.96. The topological polar surface area (TPSA) is 0 Å². The number of benzene rings is 1. The van der Waals surface area contributed by atoms with E-state index in [-0.39, 0.29) is 0 Å². The van der Waals surface area contributed by atoms with Gasteiger partial charge in [0.2, 0.25) is 0 Å². The van der Waals surface area contributed by atoms with E-state index in [0.29, 0.717) is 0 Å². The third-order valence-electron chi connectivity index (χ3n) is 1.49. The summed E-state index contributed by atoms with van der Waals surface area (Å²) in [5.74, 6) is 5.93. The Kier molecular flexibility index (Phi) is 2.33. The Morgan fingerprint density at radius 2 is 1.55 bits per heavy atom. The lowest BCUT2D eigenvalue weighted by atomic mass is 10.1. The van der Waals surface area contributed by atoms with Crippen molar-refractivity contribution in [3.05, 3.63) is 34.9 Å². The molecule has 0 amide bonds. The average Bonchev–Trinajstić information content (AvgIpc) is 1.85. The number of rotatable bonds is 0. The van der Waals surface area contributed by atoms with Crippen molar-refractivity contribution in [1.29, 1.82) is 0 Å². The lowest BCUT2D eigenvalue weighted by Crippen LogP contribution is -1.80. The molecular formula is C11H12. The van der Waals surface area contributed by atoms with Gasteiger partial charge in [-0.15, -0.1) is 5.92 Å². The zero-order valence-corrected chi connectivity index (χ0v) is 7.23. The van der Waals surface area contributed by atoms with Crippen LogP contribution in [0.5, 0.6) is 0 Å². The normalized spacial score (nSPS) is 8.64. The summed E-state index contributed by atoms with van der Waals surface area (Å²) >= 11 is 0. The van der Waals surface area contributed by atoms with E-state index in [1.807, 2.05) is 6.92 Å². The highest BCUT2D eigenvalue weighted by molar-refractivity contribution is 5.39. The molecule has 0 aromatic heterocycles. The minimum absolute atomic E-state index is 1.12. The molecule has 0 spiro atoms. The Hall–Kier alpha value is -1.22. The van der Waals surface area contributed by atoms with E-state index in [2.05, 4.69) is 43.9 Å². The molecule has 0 heterocycles. The fraction of sp³-hybridized carbons (Fsp3) is 0.273. The molecule has 0 saturated carbocycles. The number of aryl methyl sites for hydroxylation is 2. The molecule has 1 rings (SSSR count). The summed E-state index contributed by atoms with van der Waals surface area (Å²) in [6, 6.07) is 6.36. The van der Waals surface area contributed by atoms with E-state index in [9.17, 15) is 0 Å². The summed E-state index contributed by atoms with van der Waals surface area (Å²) in [4.78, 5) is 0. The van der Waals surface area contributed by atoms with Gasteiger partial charge < -0.3 is 0 Å². The highest BCUT2D eigenvalue weighted by Crippen LogP contribution is 2.06. The van der Waals surface area contributed by atoms with E-state index in [1.165, 1.54) is 11.1 Å². The molecule has 0 radical (unpaired) electrons. The summed E-state index contributed by atoms with van der Waals surface area (Å²) < 4.78 is 0. The Morgan fingerprint density at radius 3 is 2.00 bits per heavy atom. The Morgan fingerprint density at radius 1 is 1.00 bits per heavy atom. The van der Waals surface area contributed by atoms with Crippen LogP contribution in [0.2, 0.25) is 0 Å². The van der Waals surface area contributed by atoms with Gasteiger partial charge in [0.25, 0.3) is 0 Å². The minimum Gasteiger partial charge on any atom is -0.101 e. The number of hydrogen-bond donors (Lipinski definition) is 0. The largest absolute Gasteiger partial charge is 0.101 e. The van der Waals surface area contributed by atoms with Gasteiger partial charge in [-0.25, -0.2) is 0 Å². The first kappa shape index (κ1) is 7.88. The van der Waals surface area contributed by atoms with Crippen LogP contribution < -0.4 is 0 Å². The quantitative estimate of drug-likeness (QED) is 0.491. The maximum absolute atomic E-state index is 3.04. The van der Waals surface area contributed by atoms with Crippen LogP contribution >= 0.6 is 0 Å². The van der Waals surface area contributed by atoms with E-state index in [0.717, 1.165) is 5.56 Å². The highest BCUT2D eigenvalue weighted by Gasteiger charge is 1.90. The molecule has 0 N–H and O–H groups in total. The second-order valence-corrected chi connectivity index (χ2v) is 2.75. The lowest BCUT2D eigenvalue weighted by molar-refractivity contribution is 1.37. The third-order valence-corrected chi connectivity index (χ3v) is 1.49. The Bertz CT molecular complexity index is 290. The molecule has 1 aromatic carbocycles. The zero-order chi connectivity index (χ0) is 8.27. The first-order chi connectivity index (χ1) is 5.22. The predicted octanol–water partition coefficient (Wildman–Crippen LogP) is 2.67. The van der Waals surface area contributed by atoms with Gasteiger partial charge >= 0.3 is 0 Å². The molecule has 0 unspecified atom stereocenters. The monoisotopic (exact) mass is 144 g/mol. The summed E-state index contributed by atoms with van der Waals surface area (Å²) in [7, 11) is 0. The third kappa shape index (κ3) is 2.13. The summed E-state index contributed by atoms with van der Waals surface area (Å²) in [6.07, 6.45) is 0. The molecule has 0 nitrogen and oxygen atoms in total. The van der Waals surface area contributed by atoms with Crippen LogP contribution in [-0.2, 0) is 0 Å². The van der Waals surface area contributed by atoms with Crippen molar-refractivity contribution in [2.75, 3.05) is 0 Å². The van der Waals surface area contributed by atoms with Crippen molar-refractivity contribution in [2.24, 2.45) is 0 Å². The van der Waals surface area contributed by atoms with E-state index in [1.54, 1.807) is 0 Å². The van der Waals surface area contributed by atoms with Crippen molar-refractivity contribution in [3.8, 4) is 11.8 Å². The van der Waals surface area contributed by atoms with Crippen molar-refractivity contribution >= 4 is 0 Å². The maximum Gasteiger partial charge on any atom is 0.0250 e. The molecule has 0 aliphatic heterocycles. The molecule has 11 heavy (non-hydrogen) atoms. The Labute approximate surface area is 68.3 Å². The first-order valence-electron chi connectivity index (χ1n) is 3.73. The van der Waals surface area contributed by atoms with Crippen LogP contribution in [0.1, 0.15) is 23.6 Å². The Balaban J connectivity index is 3.15. The van der Waals surface area contributed by atoms with Gasteiger partial charge in [0.1, 0.15) is 0 Å². The van der Waals surface area contributed by atoms with Gasteiger partial charge in [-0.2, -0.15) is 0 Å². The smallest absolute Gasteiger partial charge is 0.0250 e. The molecule has 0 aliphatic rings. The second-order valence-electron chi connectivity index (χ2n) is 2.75. The first-order valence-corrected chi connectivity index (χ1v) is 3.73. The molecule has 1 aromatic rings. The van der Waals surface area contributed by atoms with Crippen molar-refractivity contribution < 1.29 is 0 Å². The molecule has 0 aliphatic carbocycles. The summed E-state index contributed by atoms with van der Waals surface area (Å²) in [6.45, 7) is 6.04. The SMILES string of the molecule is CC#Cc1cc(C)cc(C)c1. The van der Waals surface area contributed by atoms with Crippen molar-refractivity contribution in [2.45, 2.75) is 20.8 Å². The van der Waals surface area contributed by atoms with Crippen molar-refractivity contribution in [1.82, 2.24) is 0 Å². The van der Waals surface area contributed by atoms with Gasteiger partial charge in [0.05, 0.1) is 0 Å². The van der Waals surface area contributed by atoms with Gasteiger partial charge in [-0.05, 0) is 44.0 Å². The molecule has 0 heteroatoms. The van der Waals surface area contributed by atoms with Gasteiger partial charge in [0, 0.05) is 5.56 Å². The standard InChI is InChI=1S/C11H12/c1-4-5-11-7-9(2)6-10(3)8-11/h6-8H,1-3H3. The van der Waals surface area contributed by atoms with Gasteiger partial charge in [-0.1, -0.05) is 12.0 Å². The molecule has 56 valence electrons. The van der Waals surface area contributed by atoms with Gasteiger partial charge in [-0.3, -0.25) is 0 Å². The molecule has 0 bridgehead atoms. The fourth-order valence-electron chi connectivity index (χ4n) is 1.19. The maximum atomic E-state index is 3.04. The van der Waals surface area contributed by atoms with E-state index >= 15 is 0 Å². The van der Waals surface area contributed by atoms with Gasteiger partial charge in [0.15, 0.2) is 0 Å². The molecule has 0 saturated heterocycles. The van der Waals surface area contributed by atoms with Crippen molar-refractivity contribution in [3.63, 3.8) is 0 Å². The summed E-state index contributed by atoms with van der Waals surface area (Å²) in [5.41, 5.74) is 3.68. The zero-order valence-electron chi connectivity index (χ0n) is 7.23. The molecule has 0 atom stereocenters. The summed E-state index contributed by atoms with van der Waals surface area (Å²) in [5, 5.41) is 0. The van der Waals surface area contributed by atoms with Crippen LogP contribution in [0.25, 0.3) is 0 Å². The van der Waals surface area contributed by atoms with Crippen LogP contribution in [0.4, 0.5) is 0 Å². The van der Waals surface area contributed by atoms with Crippen LogP contribution in [0.15, 0.2) is 18.2 Å². The average molecular weight is 144 g/mol. The highest BCUT2D eigenvalue weighted by atomic mass is 13.9. The van der Waals surface area contributed by atoms with Crippen LogP contribution in [0.3, 0.4) is 0 Å². The fourth-order valence-corrected chi connectivity index (χ4v) is 1.19.